The van der Waals surface area contributed by atoms with Crippen LogP contribution in [-0.4, -0.2) is 106 Å². The van der Waals surface area contributed by atoms with Crippen LogP contribution in [0.5, 0.6) is 17.4 Å². The third-order valence-corrected chi connectivity index (χ3v) is 13.7. The van der Waals surface area contributed by atoms with Crippen LogP contribution in [0.1, 0.15) is 68.9 Å². The Bertz CT molecular complexity index is 2710. The number of carbonyl (C=O) groups is 2. The van der Waals surface area contributed by atoms with Crippen LogP contribution in [0, 0.1) is 23.0 Å². The molecule has 1 aliphatic carbocycles. The van der Waals surface area contributed by atoms with Gasteiger partial charge in [-0.3, -0.25) is 24.4 Å². The molecule has 2 aromatic heterocycles. The van der Waals surface area contributed by atoms with Crippen LogP contribution < -0.4 is 24.4 Å². The second kappa shape index (κ2) is 17.0. The fourth-order valence-corrected chi connectivity index (χ4v) is 9.37. The third-order valence-electron chi connectivity index (χ3n) is 12.2. The number of nitrogens with zero attached hydrogens (tertiary/aromatic N) is 8. The number of amides is 3. The molecule has 4 heterocycles. The first-order valence-corrected chi connectivity index (χ1v) is 21.9. The summed E-state index contributed by atoms with van der Waals surface area (Å²) in [4.78, 5) is 36.9. The van der Waals surface area contributed by atoms with E-state index in [9.17, 15) is 28.4 Å². The lowest BCUT2D eigenvalue weighted by Crippen LogP contribution is -2.51. The molecule has 2 aliphatic heterocycles. The minimum atomic E-state index is -4.01. The van der Waals surface area contributed by atoms with Crippen molar-refractivity contribution in [2.24, 2.45) is 7.05 Å². The molecule has 0 spiro atoms. The number of halogens is 2. The van der Waals surface area contributed by atoms with Gasteiger partial charge in [0.2, 0.25) is 11.8 Å². The summed E-state index contributed by atoms with van der Waals surface area (Å²) in [5, 5.41) is 28.7. The van der Waals surface area contributed by atoms with Crippen LogP contribution in [0.2, 0.25) is 0 Å². The molecule has 8 rings (SSSR count). The van der Waals surface area contributed by atoms with E-state index in [0.717, 1.165) is 42.1 Å². The molecule has 0 radical (unpaired) electrons. The standard InChI is InChI=1S/C42H46F2N10O7S/c1-4-51(2)62(58,59)50-33-12-10-31(43)39(30(33)22-45)61-27-9-11-34-35(19-27)47-38(23-46-34)60-24-42(57)14-17-53(18-15-42)26-7-5-25(6-8-26)28-21-36-29(20-32(28)44)40(49-52(36)3)54-16-13-37(55)48-41(54)56/h9-12,19-21,23,25-26,50,57H,4-8,13-18,24H2,1-3H3,(H,48,55,56). The number of nitrogens with one attached hydrogen (secondary N) is 2. The van der Waals surface area contributed by atoms with Gasteiger partial charge in [-0.25, -0.2) is 23.5 Å². The highest BCUT2D eigenvalue weighted by Gasteiger charge is 2.37. The zero-order valence-electron chi connectivity index (χ0n) is 34.4. The van der Waals surface area contributed by atoms with Gasteiger partial charge in [-0.15, -0.1) is 0 Å². The van der Waals surface area contributed by atoms with E-state index in [4.69, 9.17) is 9.47 Å². The molecule has 20 heteroatoms. The van der Waals surface area contributed by atoms with Gasteiger partial charge in [0.05, 0.1) is 28.4 Å². The average Bonchev–Trinajstić information content (AvgIpc) is 3.57. The number of likely N-dealkylation sites (tertiary alicyclic amines) is 1. The number of hydrogen-bond donors (Lipinski definition) is 3. The lowest BCUT2D eigenvalue weighted by Gasteiger charge is -2.43. The number of imide groups is 1. The van der Waals surface area contributed by atoms with E-state index in [1.165, 1.54) is 36.3 Å². The van der Waals surface area contributed by atoms with Gasteiger partial charge in [-0.05, 0) is 86.4 Å². The van der Waals surface area contributed by atoms with Crippen molar-refractivity contribution in [3.8, 4) is 23.4 Å². The summed E-state index contributed by atoms with van der Waals surface area (Å²) >= 11 is 0. The van der Waals surface area contributed by atoms with Gasteiger partial charge in [0, 0.05) is 64.2 Å². The maximum atomic E-state index is 15.7. The van der Waals surface area contributed by atoms with Crippen molar-refractivity contribution in [2.45, 2.75) is 69.4 Å². The van der Waals surface area contributed by atoms with E-state index in [1.807, 2.05) is 12.1 Å². The normalized spacial score (nSPS) is 19.7. The number of piperidine rings is 1. The molecule has 1 saturated carbocycles. The van der Waals surface area contributed by atoms with Crippen molar-refractivity contribution in [3.63, 3.8) is 0 Å². The van der Waals surface area contributed by atoms with Crippen molar-refractivity contribution < 1.29 is 41.4 Å². The monoisotopic (exact) mass is 872 g/mol. The number of anilines is 2. The Morgan fingerprint density at radius 1 is 1.05 bits per heavy atom. The molecule has 17 nitrogen and oxygen atoms in total. The summed E-state index contributed by atoms with van der Waals surface area (Å²) in [6, 6.07) is 11.6. The molecule has 3 fully saturated rings. The van der Waals surface area contributed by atoms with Gasteiger partial charge in [-0.1, -0.05) is 6.92 Å². The van der Waals surface area contributed by atoms with Crippen molar-refractivity contribution in [1.29, 1.82) is 5.26 Å². The number of aromatic nitrogens is 4. The topological polar surface area (TPSA) is 208 Å². The van der Waals surface area contributed by atoms with Gasteiger partial charge in [-0.2, -0.15) is 23.1 Å². The summed E-state index contributed by atoms with van der Waals surface area (Å²) in [6.07, 6.45) is 5.87. The number of ether oxygens (including phenoxy) is 2. The fraction of sp³-hybridized carbons (Fsp3) is 0.429. The van der Waals surface area contributed by atoms with Crippen molar-refractivity contribution in [2.75, 3.05) is 49.5 Å². The van der Waals surface area contributed by atoms with Crippen LogP contribution in [0.25, 0.3) is 21.9 Å². The first kappa shape index (κ1) is 42.7. The lowest BCUT2D eigenvalue weighted by atomic mass is 9.80. The van der Waals surface area contributed by atoms with E-state index in [2.05, 4.69) is 30.0 Å². The second-order valence-corrected chi connectivity index (χ2v) is 17.8. The summed E-state index contributed by atoms with van der Waals surface area (Å²) in [7, 11) is -0.885. The molecule has 3 aromatic carbocycles. The Morgan fingerprint density at radius 2 is 1.81 bits per heavy atom. The molecular weight excluding hydrogens is 827 g/mol. The number of aryl methyl sites for hydroxylation is 1. The lowest BCUT2D eigenvalue weighted by molar-refractivity contribution is -0.120. The van der Waals surface area contributed by atoms with E-state index >= 15 is 8.78 Å². The summed E-state index contributed by atoms with van der Waals surface area (Å²) in [5.41, 5.74) is 0.569. The zero-order chi connectivity index (χ0) is 43.9. The number of rotatable bonds is 12. The molecule has 3 amide bonds. The molecule has 62 heavy (non-hydrogen) atoms. The molecule has 2 saturated heterocycles. The van der Waals surface area contributed by atoms with E-state index in [0.29, 0.717) is 65.3 Å². The van der Waals surface area contributed by atoms with Crippen LogP contribution >= 0.6 is 0 Å². The van der Waals surface area contributed by atoms with Crippen LogP contribution in [0.15, 0.2) is 48.7 Å². The maximum Gasteiger partial charge on any atom is 0.329 e. The predicted molar refractivity (Wildman–Crippen MR) is 224 cm³/mol. The molecule has 3 aliphatic rings. The summed E-state index contributed by atoms with van der Waals surface area (Å²) in [6.45, 7) is 3.29. The number of urea groups is 1. The molecule has 326 valence electrons. The first-order chi connectivity index (χ1) is 29.6. The SMILES string of the molecule is CCN(C)S(=O)(=O)Nc1ccc(F)c(Oc2ccc3ncc(OCC4(O)CCN(C5CCC(c6cc7c(cc6F)c(N6CCC(=O)NC6=O)nn7C)CC5)CC4)nc3c2)c1C#N. The van der Waals surface area contributed by atoms with Gasteiger partial charge >= 0.3 is 16.2 Å². The fourth-order valence-electron chi connectivity index (χ4n) is 8.43. The Hall–Kier alpha value is -6.01. The number of nitriles is 1. The number of hydrogen-bond acceptors (Lipinski definition) is 12. The van der Waals surface area contributed by atoms with Gasteiger partial charge in [0.25, 0.3) is 0 Å². The summed E-state index contributed by atoms with van der Waals surface area (Å²) in [5.74, 6) is -1.41. The second-order valence-electron chi connectivity index (χ2n) is 16.0. The highest BCUT2D eigenvalue weighted by atomic mass is 32.2. The molecule has 0 atom stereocenters. The van der Waals surface area contributed by atoms with Crippen molar-refractivity contribution in [3.05, 3.63) is 71.4 Å². The Balaban J connectivity index is 0.863. The summed E-state index contributed by atoms with van der Waals surface area (Å²) < 4.78 is 72.8. The minimum Gasteiger partial charge on any atom is -0.473 e. The minimum absolute atomic E-state index is 0.0192. The van der Waals surface area contributed by atoms with Crippen molar-refractivity contribution >= 4 is 55.6 Å². The highest BCUT2D eigenvalue weighted by molar-refractivity contribution is 7.90. The van der Waals surface area contributed by atoms with Crippen LogP contribution in [0.3, 0.4) is 0 Å². The van der Waals surface area contributed by atoms with Gasteiger partial charge < -0.3 is 19.5 Å². The Labute approximate surface area is 356 Å². The number of fused-ring (bicyclic) bond motifs is 2. The molecule has 3 N–H and O–H groups in total. The maximum absolute atomic E-state index is 15.7. The number of carbonyl (C=O) groups excluding carboxylic acids is 2. The smallest absolute Gasteiger partial charge is 0.329 e. The molecule has 5 aromatic rings. The largest absolute Gasteiger partial charge is 0.473 e. The predicted octanol–water partition coefficient (Wildman–Crippen LogP) is 5.45. The number of aliphatic hydroxyl groups is 1. The van der Waals surface area contributed by atoms with E-state index < -0.39 is 33.4 Å². The molecule has 0 unspecified atom stereocenters. The first-order valence-electron chi connectivity index (χ1n) is 20.4. The molecular formula is C42H46F2N10O7S. The quantitative estimate of drug-likeness (QED) is 0.143. The third kappa shape index (κ3) is 8.57. The van der Waals surface area contributed by atoms with Gasteiger partial charge in [0.15, 0.2) is 17.4 Å². The number of benzene rings is 3. The molecule has 0 bridgehead atoms. The highest BCUT2D eigenvalue weighted by Crippen LogP contribution is 2.40. The van der Waals surface area contributed by atoms with Gasteiger partial charge in [0.1, 0.15) is 35.4 Å². The zero-order valence-corrected chi connectivity index (χ0v) is 35.2. The van der Waals surface area contributed by atoms with E-state index in [-0.39, 0.29) is 66.6 Å². The van der Waals surface area contributed by atoms with Crippen LogP contribution in [0.4, 0.5) is 25.1 Å². The Morgan fingerprint density at radius 3 is 2.52 bits per heavy atom. The van der Waals surface area contributed by atoms with Crippen LogP contribution in [-0.2, 0) is 22.1 Å². The Kier molecular flexibility index (Phi) is 11.7. The van der Waals surface area contributed by atoms with E-state index in [1.54, 1.807) is 24.7 Å². The van der Waals surface area contributed by atoms with Crippen molar-refractivity contribution in [1.82, 2.24) is 34.3 Å². The average molecular weight is 873 g/mol.